The van der Waals surface area contributed by atoms with Crippen LogP contribution in [0.1, 0.15) is 35.0 Å². The number of carbonyl (C=O) groups excluding carboxylic acids is 2. The average molecular weight is 379 g/mol. The second-order valence-electron chi connectivity index (χ2n) is 5.84. The highest BCUT2D eigenvalue weighted by molar-refractivity contribution is 7.17. The number of hydrogen-bond acceptors (Lipinski definition) is 6. The van der Waals surface area contributed by atoms with Gasteiger partial charge >= 0.3 is 5.97 Å². The van der Waals surface area contributed by atoms with Crippen LogP contribution in [0.5, 0.6) is 0 Å². The van der Waals surface area contributed by atoms with Crippen LogP contribution in [-0.2, 0) is 9.59 Å². The summed E-state index contributed by atoms with van der Waals surface area (Å²) in [6.07, 6.45) is 0. The van der Waals surface area contributed by atoms with Crippen LogP contribution in [0, 0.1) is 13.8 Å². The molecule has 26 heavy (non-hydrogen) atoms. The Hall–Kier alpha value is -2.68. The van der Waals surface area contributed by atoms with Gasteiger partial charge in [0.2, 0.25) is 5.91 Å². The average Bonchev–Trinajstić information content (AvgIpc) is 3.16. The molecule has 2 N–H and O–H groups in total. The number of carboxylic acids is 1. The lowest BCUT2D eigenvalue weighted by Crippen LogP contribution is -2.46. The maximum Gasteiger partial charge on any atom is 0.326 e. The molecule has 2 aromatic rings. The van der Waals surface area contributed by atoms with E-state index in [4.69, 9.17) is 4.42 Å². The Morgan fingerprint density at radius 3 is 2.58 bits per heavy atom. The zero-order chi connectivity index (χ0) is 19.4. The Morgan fingerprint density at radius 2 is 2.04 bits per heavy atom. The number of furan rings is 1. The fourth-order valence-electron chi connectivity index (χ4n) is 2.34. The Balaban J connectivity index is 2.27. The molecule has 1 unspecified atom stereocenters. The number of carboxylic acid groups (broad SMARTS) is 1. The highest BCUT2D eigenvalue weighted by Crippen LogP contribution is 2.30. The topological polar surface area (TPSA) is 113 Å². The number of nitrogens with zero attached hydrogens (tertiary/aromatic N) is 2. The smallest absolute Gasteiger partial charge is 0.326 e. The molecule has 140 valence electrons. The van der Waals surface area contributed by atoms with Gasteiger partial charge in [-0.1, -0.05) is 0 Å². The Labute approximate surface area is 154 Å². The quantitative estimate of drug-likeness (QED) is 0.761. The molecule has 2 heterocycles. The van der Waals surface area contributed by atoms with E-state index in [2.05, 4.69) is 10.3 Å². The summed E-state index contributed by atoms with van der Waals surface area (Å²) in [5.41, 5.74) is 0.506. The highest BCUT2D eigenvalue weighted by Gasteiger charge is 2.29. The van der Waals surface area contributed by atoms with Crippen LogP contribution < -0.4 is 5.32 Å². The fourth-order valence-corrected chi connectivity index (χ4v) is 3.32. The Bertz CT molecular complexity index is 826. The van der Waals surface area contributed by atoms with Crippen molar-refractivity contribution in [2.24, 2.45) is 0 Å². The number of rotatable bonds is 7. The summed E-state index contributed by atoms with van der Waals surface area (Å²) >= 11 is 1.15. The van der Waals surface area contributed by atoms with E-state index in [9.17, 15) is 19.5 Å². The lowest BCUT2D eigenvalue weighted by molar-refractivity contribution is -0.141. The molecule has 0 bridgehead atoms. The van der Waals surface area contributed by atoms with E-state index in [1.807, 2.05) is 6.92 Å². The van der Waals surface area contributed by atoms with Crippen molar-refractivity contribution in [2.45, 2.75) is 33.7 Å². The number of amides is 2. The first-order valence-corrected chi connectivity index (χ1v) is 8.84. The third kappa shape index (κ3) is 4.48. The molecule has 0 fully saturated rings. The van der Waals surface area contributed by atoms with Crippen molar-refractivity contribution in [3.05, 3.63) is 28.5 Å². The Morgan fingerprint density at radius 1 is 1.35 bits per heavy atom. The van der Waals surface area contributed by atoms with Crippen molar-refractivity contribution >= 4 is 29.1 Å². The van der Waals surface area contributed by atoms with Gasteiger partial charge in [-0.25, -0.2) is 9.78 Å². The lowest BCUT2D eigenvalue weighted by Gasteiger charge is -2.26. The van der Waals surface area contributed by atoms with E-state index in [0.29, 0.717) is 21.3 Å². The van der Waals surface area contributed by atoms with Gasteiger partial charge in [-0.15, -0.1) is 11.3 Å². The van der Waals surface area contributed by atoms with Crippen molar-refractivity contribution in [1.29, 1.82) is 0 Å². The minimum atomic E-state index is -1.12. The van der Waals surface area contributed by atoms with Gasteiger partial charge in [-0.3, -0.25) is 9.59 Å². The van der Waals surface area contributed by atoms with E-state index < -0.39 is 17.9 Å². The van der Waals surface area contributed by atoms with Gasteiger partial charge < -0.3 is 19.7 Å². The molecular weight excluding hydrogens is 358 g/mol. The number of thiazole rings is 1. The molecule has 0 saturated carbocycles. The van der Waals surface area contributed by atoms with Gasteiger partial charge in [0.1, 0.15) is 16.7 Å². The molecule has 0 aromatic carbocycles. The molecule has 1 atom stereocenters. The van der Waals surface area contributed by atoms with E-state index >= 15 is 0 Å². The zero-order valence-electron chi connectivity index (χ0n) is 15.0. The molecule has 0 saturated heterocycles. The van der Waals surface area contributed by atoms with Gasteiger partial charge in [-0.05, 0) is 32.9 Å². The molecule has 0 aliphatic rings. The first-order chi connectivity index (χ1) is 12.2. The van der Waals surface area contributed by atoms with Crippen LogP contribution in [-0.4, -0.2) is 51.9 Å². The molecule has 8 nitrogen and oxygen atoms in total. The van der Waals surface area contributed by atoms with Crippen LogP contribution >= 0.6 is 11.3 Å². The summed E-state index contributed by atoms with van der Waals surface area (Å²) in [4.78, 5) is 41.3. The predicted octanol–water partition coefficient (Wildman–Crippen LogP) is 2.07. The lowest BCUT2D eigenvalue weighted by atomic mass is 10.2. The van der Waals surface area contributed by atoms with Crippen LogP contribution in [0.2, 0.25) is 0 Å². The molecule has 2 rings (SSSR count). The van der Waals surface area contributed by atoms with E-state index in [0.717, 1.165) is 17.1 Å². The molecule has 0 aliphatic heterocycles. The molecule has 2 aromatic heterocycles. The van der Waals surface area contributed by atoms with E-state index in [-0.39, 0.29) is 19.0 Å². The number of nitrogens with one attached hydrogen (secondary N) is 1. The first kappa shape index (κ1) is 19.6. The minimum Gasteiger partial charge on any atom is -0.480 e. The minimum absolute atomic E-state index is 0.0818. The third-order valence-electron chi connectivity index (χ3n) is 3.75. The number of carbonyl (C=O) groups is 3. The van der Waals surface area contributed by atoms with Crippen molar-refractivity contribution in [1.82, 2.24) is 15.2 Å². The standard InChI is InChI=1S/C17H21N3O5S/c1-9-5-6-13(25-9)15-19-10(2)14(26-15)16(22)20(11(3)17(23)24)8-7-18-12(4)21/h5-6,11H,7-8H2,1-4H3,(H,18,21)(H,23,24). The summed E-state index contributed by atoms with van der Waals surface area (Å²) in [5, 5.41) is 12.4. The fraction of sp³-hybridized carbons (Fsp3) is 0.412. The van der Waals surface area contributed by atoms with Gasteiger partial charge in [-0.2, -0.15) is 0 Å². The van der Waals surface area contributed by atoms with E-state index in [1.165, 1.54) is 18.7 Å². The van der Waals surface area contributed by atoms with Crippen LogP contribution in [0.25, 0.3) is 10.8 Å². The normalized spacial score (nSPS) is 11.8. The zero-order valence-corrected chi connectivity index (χ0v) is 15.8. The number of hydrogen-bond donors (Lipinski definition) is 2. The SMILES string of the molecule is CC(=O)NCCN(C(=O)c1sc(-c2ccc(C)o2)nc1C)C(C)C(=O)O. The molecule has 9 heteroatoms. The highest BCUT2D eigenvalue weighted by atomic mass is 32.1. The van der Waals surface area contributed by atoms with Crippen molar-refractivity contribution < 1.29 is 23.9 Å². The van der Waals surface area contributed by atoms with Gasteiger partial charge in [0.25, 0.3) is 5.91 Å². The van der Waals surface area contributed by atoms with Gasteiger partial charge in [0.15, 0.2) is 10.8 Å². The summed E-state index contributed by atoms with van der Waals surface area (Å²) in [7, 11) is 0. The van der Waals surface area contributed by atoms with Gasteiger partial charge in [0, 0.05) is 20.0 Å². The summed E-state index contributed by atoms with van der Waals surface area (Å²) < 4.78 is 5.54. The molecule has 0 radical (unpaired) electrons. The number of aryl methyl sites for hydroxylation is 2. The van der Waals surface area contributed by atoms with Crippen molar-refractivity contribution in [3.8, 4) is 10.8 Å². The molecular formula is C17H21N3O5S. The monoisotopic (exact) mass is 379 g/mol. The largest absolute Gasteiger partial charge is 0.480 e. The van der Waals surface area contributed by atoms with Crippen LogP contribution in [0.4, 0.5) is 0 Å². The third-order valence-corrected chi connectivity index (χ3v) is 4.91. The van der Waals surface area contributed by atoms with Crippen molar-refractivity contribution in [2.75, 3.05) is 13.1 Å². The van der Waals surface area contributed by atoms with E-state index in [1.54, 1.807) is 19.1 Å². The maximum absolute atomic E-state index is 12.9. The first-order valence-electron chi connectivity index (χ1n) is 8.03. The summed E-state index contributed by atoms with van der Waals surface area (Å²) in [6, 6.07) is 2.54. The van der Waals surface area contributed by atoms with Gasteiger partial charge in [0.05, 0.1) is 5.69 Å². The maximum atomic E-state index is 12.9. The second kappa shape index (κ2) is 8.13. The number of aliphatic carboxylic acids is 1. The molecule has 0 aliphatic carbocycles. The summed E-state index contributed by atoms with van der Waals surface area (Å²) in [6.45, 7) is 6.55. The summed E-state index contributed by atoms with van der Waals surface area (Å²) in [5.74, 6) is -0.507. The molecule has 0 spiro atoms. The van der Waals surface area contributed by atoms with Crippen LogP contribution in [0.3, 0.4) is 0 Å². The predicted molar refractivity (Wildman–Crippen MR) is 96.1 cm³/mol. The molecule has 2 amide bonds. The Kier molecular flexibility index (Phi) is 6.14. The number of aromatic nitrogens is 1. The second-order valence-corrected chi connectivity index (χ2v) is 6.84. The van der Waals surface area contributed by atoms with Crippen molar-refractivity contribution in [3.63, 3.8) is 0 Å². The van der Waals surface area contributed by atoms with Crippen LogP contribution in [0.15, 0.2) is 16.5 Å².